The van der Waals surface area contributed by atoms with Crippen LogP contribution >= 0.6 is 24.0 Å². The van der Waals surface area contributed by atoms with Crippen LogP contribution in [-0.4, -0.2) is 88.0 Å². The number of ether oxygens (including phenoxy) is 2. The molecule has 2 rings (SSSR count). The molecule has 7 heteroatoms. The van der Waals surface area contributed by atoms with Crippen LogP contribution in [0.3, 0.4) is 0 Å². The van der Waals surface area contributed by atoms with Gasteiger partial charge in [-0.15, -0.1) is 24.0 Å². The standard InChI is InChI=1S/C18H36N4O2.HI/c1-16(2)15-21-8-10-22(11-9-21)18(19-3)20-7-4-12-24-17-5-13-23-14-6-17;/h16-17H,4-15H2,1-3H3,(H,19,20);1H. The van der Waals surface area contributed by atoms with Crippen molar-refractivity contribution in [2.24, 2.45) is 10.9 Å². The van der Waals surface area contributed by atoms with Gasteiger partial charge in [-0.25, -0.2) is 0 Å². The lowest BCUT2D eigenvalue weighted by molar-refractivity contribution is -0.0320. The average molecular weight is 468 g/mol. The number of aliphatic imine (C=N–C) groups is 1. The summed E-state index contributed by atoms with van der Waals surface area (Å²) in [7, 11) is 1.88. The van der Waals surface area contributed by atoms with E-state index in [0.29, 0.717) is 6.10 Å². The van der Waals surface area contributed by atoms with E-state index in [-0.39, 0.29) is 24.0 Å². The van der Waals surface area contributed by atoms with Crippen LogP contribution in [-0.2, 0) is 9.47 Å². The average Bonchev–Trinajstić information content (AvgIpc) is 2.59. The zero-order chi connectivity index (χ0) is 17.2. The van der Waals surface area contributed by atoms with Gasteiger partial charge in [-0.05, 0) is 25.2 Å². The second-order valence-electron chi connectivity index (χ2n) is 7.19. The van der Waals surface area contributed by atoms with Crippen molar-refractivity contribution in [2.45, 2.75) is 39.2 Å². The van der Waals surface area contributed by atoms with Crippen molar-refractivity contribution < 1.29 is 9.47 Å². The van der Waals surface area contributed by atoms with Gasteiger partial charge in [-0.3, -0.25) is 9.89 Å². The fraction of sp³-hybridized carbons (Fsp3) is 0.944. The minimum atomic E-state index is 0. The maximum atomic E-state index is 5.91. The number of hydrogen-bond acceptors (Lipinski definition) is 4. The molecule has 2 aliphatic heterocycles. The topological polar surface area (TPSA) is 49.3 Å². The molecule has 1 N–H and O–H groups in total. The van der Waals surface area contributed by atoms with Gasteiger partial charge in [-0.2, -0.15) is 0 Å². The number of hydrogen-bond donors (Lipinski definition) is 1. The number of halogens is 1. The molecule has 2 aliphatic rings. The molecule has 0 bridgehead atoms. The highest BCUT2D eigenvalue weighted by Crippen LogP contribution is 2.10. The van der Waals surface area contributed by atoms with Crippen LogP contribution in [0.1, 0.15) is 33.1 Å². The van der Waals surface area contributed by atoms with Crippen molar-refractivity contribution in [3.8, 4) is 0 Å². The number of guanidine groups is 1. The van der Waals surface area contributed by atoms with Crippen molar-refractivity contribution in [3.05, 3.63) is 0 Å². The summed E-state index contributed by atoms with van der Waals surface area (Å²) < 4.78 is 11.3. The Balaban J connectivity index is 0.00000312. The first-order chi connectivity index (χ1) is 11.7. The molecule has 0 radical (unpaired) electrons. The number of rotatable bonds is 7. The Morgan fingerprint density at radius 2 is 1.88 bits per heavy atom. The summed E-state index contributed by atoms with van der Waals surface area (Å²) >= 11 is 0. The summed E-state index contributed by atoms with van der Waals surface area (Å²) in [4.78, 5) is 9.36. The molecule has 0 aromatic heterocycles. The summed E-state index contributed by atoms with van der Waals surface area (Å²) in [5.74, 6) is 1.77. The minimum absolute atomic E-state index is 0. The molecule has 0 amide bonds. The van der Waals surface area contributed by atoms with Gasteiger partial charge in [0.1, 0.15) is 0 Å². The molecule has 0 aliphatic carbocycles. The Kier molecular flexibility index (Phi) is 12.0. The third kappa shape index (κ3) is 8.88. The Hall–Kier alpha value is -0.120. The van der Waals surface area contributed by atoms with Crippen LogP contribution in [0.4, 0.5) is 0 Å². The SMILES string of the molecule is CN=C(NCCCOC1CCOCC1)N1CCN(CC(C)C)CC1.I. The fourth-order valence-electron chi connectivity index (χ4n) is 3.36. The van der Waals surface area contributed by atoms with E-state index >= 15 is 0 Å². The summed E-state index contributed by atoms with van der Waals surface area (Å²) in [5, 5.41) is 3.49. The summed E-state index contributed by atoms with van der Waals surface area (Å²) in [6.45, 7) is 13.6. The molecule has 0 saturated carbocycles. The van der Waals surface area contributed by atoms with Crippen molar-refractivity contribution in [1.29, 1.82) is 0 Å². The molecule has 0 unspecified atom stereocenters. The Labute approximate surface area is 170 Å². The normalized spacial score (nSPS) is 20.6. The lowest BCUT2D eigenvalue weighted by Crippen LogP contribution is -2.53. The quantitative estimate of drug-likeness (QED) is 0.268. The van der Waals surface area contributed by atoms with Gasteiger partial charge < -0.3 is 19.7 Å². The van der Waals surface area contributed by atoms with Crippen molar-refractivity contribution in [1.82, 2.24) is 15.1 Å². The van der Waals surface area contributed by atoms with Gasteiger partial charge in [0.2, 0.25) is 0 Å². The maximum absolute atomic E-state index is 5.91. The van der Waals surface area contributed by atoms with Gasteiger partial charge in [0.05, 0.1) is 6.10 Å². The maximum Gasteiger partial charge on any atom is 0.193 e. The van der Waals surface area contributed by atoms with E-state index in [1.807, 2.05) is 7.05 Å². The molecule has 25 heavy (non-hydrogen) atoms. The van der Waals surface area contributed by atoms with E-state index in [9.17, 15) is 0 Å². The first-order valence-corrected chi connectivity index (χ1v) is 9.56. The molecule has 0 aromatic carbocycles. The first kappa shape index (κ1) is 22.9. The molecule has 0 aromatic rings. The lowest BCUT2D eigenvalue weighted by Gasteiger charge is -2.37. The molecule has 0 atom stereocenters. The van der Waals surface area contributed by atoms with E-state index in [0.717, 1.165) is 83.7 Å². The zero-order valence-electron chi connectivity index (χ0n) is 16.2. The molecule has 2 saturated heterocycles. The molecule has 6 nitrogen and oxygen atoms in total. The second-order valence-corrected chi connectivity index (χ2v) is 7.19. The van der Waals surface area contributed by atoms with Crippen molar-refractivity contribution in [3.63, 3.8) is 0 Å². The highest BCUT2D eigenvalue weighted by molar-refractivity contribution is 14.0. The molecule has 0 spiro atoms. The van der Waals surface area contributed by atoms with E-state index in [2.05, 4.69) is 34.0 Å². The Morgan fingerprint density at radius 3 is 2.48 bits per heavy atom. The summed E-state index contributed by atoms with van der Waals surface area (Å²) in [6, 6.07) is 0. The predicted octanol–water partition coefficient (Wildman–Crippen LogP) is 2.04. The van der Waals surface area contributed by atoms with Crippen molar-refractivity contribution >= 4 is 29.9 Å². The monoisotopic (exact) mass is 468 g/mol. The van der Waals surface area contributed by atoms with Crippen molar-refractivity contribution in [2.75, 3.05) is 66.1 Å². The third-order valence-corrected chi connectivity index (χ3v) is 4.63. The minimum Gasteiger partial charge on any atom is -0.381 e. The zero-order valence-corrected chi connectivity index (χ0v) is 18.5. The van der Waals surface area contributed by atoms with Crippen LogP contribution in [0.25, 0.3) is 0 Å². The van der Waals surface area contributed by atoms with Crippen LogP contribution < -0.4 is 5.32 Å². The van der Waals surface area contributed by atoms with E-state index in [4.69, 9.17) is 9.47 Å². The molecular weight excluding hydrogens is 431 g/mol. The number of nitrogens with zero attached hydrogens (tertiary/aromatic N) is 3. The molecule has 2 heterocycles. The largest absolute Gasteiger partial charge is 0.381 e. The Bertz CT molecular complexity index is 368. The first-order valence-electron chi connectivity index (χ1n) is 9.56. The van der Waals surface area contributed by atoms with Gasteiger partial charge >= 0.3 is 0 Å². The van der Waals surface area contributed by atoms with Crippen LogP contribution in [0.5, 0.6) is 0 Å². The van der Waals surface area contributed by atoms with Gasteiger partial charge in [0.25, 0.3) is 0 Å². The smallest absolute Gasteiger partial charge is 0.193 e. The highest BCUT2D eigenvalue weighted by atomic mass is 127. The second kappa shape index (κ2) is 13.1. The molecule has 2 fully saturated rings. The highest BCUT2D eigenvalue weighted by Gasteiger charge is 2.19. The Morgan fingerprint density at radius 1 is 1.20 bits per heavy atom. The number of piperazine rings is 1. The lowest BCUT2D eigenvalue weighted by atomic mass is 10.1. The van der Waals surface area contributed by atoms with E-state index in [1.165, 1.54) is 6.54 Å². The predicted molar refractivity (Wildman–Crippen MR) is 114 cm³/mol. The van der Waals surface area contributed by atoms with E-state index in [1.54, 1.807) is 0 Å². The number of nitrogens with one attached hydrogen (secondary N) is 1. The van der Waals surface area contributed by atoms with Crippen LogP contribution in [0.2, 0.25) is 0 Å². The van der Waals surface area contributed by atoms with Gasteiger partial charge in [0.15, 0.2) is 5.96 Å². The third-order valence-electron chi connectivity index (χ3n) is 4.63. The fourth-order valence-corrected chi connectivity index (χ4v) is 3.36. The summed E-state index contributed by atoms with van der Waals surface area (Å²) in [5.41, 5.74) is 0. The van der Waals surface area contributed by atoms with E-state index < -0.39 is 0 Å². The van der Waals surface area contributed by atoms with Crippen LogP contribution in [0, 0.1) is 5.92 Å². The van der Waals surface area contributed by atoms with Gasteiger partial charge in [-0.1, -0.05) is 13.8 Å². The summed E-state index contributed by atoms with van der Waals surface area (Å²) in [6.07, 6.45) is 3.49. The van der Waals surface area contributed by atoms with Crippen LogP contribution in [0.15, 0.2) is 4.99 Å². The molecular formula is C18H37IN4O2. The molecule has 148 valence electrons. The van der Waals surface area contributed by atoms with Gasteiger partial charge in [0, 0.05) is 66.1 Å².